The van der Waals surface area contributed by atoms with Crippen molar-refractivity contribution in [2.45, 2.75) is 18.9 Å². The van der Waals surface area contributed by atoms with Crippen LogP contribution in [0.4, 0.5) is 0 Å². The molecule has 1 aliphatic heterocycles. The van der Waals surface area contributed by atoms with Crippen LogP contribution < -0.4 is 5.32 Å². The van der Waals surface area contributed by atoms with E-state index in [1.807, 2.05) is 59.5 Å². The molecule has 0 spiro atoms. The highest BCUT2D eigenvalue weighted by Gasteiger charge is 2.27. The number of rotatable bonds is 5. The highest BCUT2D eigenvalue weighted by molar-refractivity contribution is 6.33. The Kier molecular flexibility index (Phi) is 6.28. The first-order valence-corrected chi connectivity index (χ1v) is 10.5. The van der Waals surface area contributed by atoms with Gasteiger partial charge in [-0.25, -0.2) is 0 Å². The van der Waals surface area contributed by atoms with E-state index >= 15 is 0 Å². The topological polar surface area (TPSA) is 32.3 Å². The van der Waals surface area contributed by atoms with Crippen molar-refractivity contribution in [2.24, 2.45) is 0 Å². The molecule has 29 heavy (non-hydrogen) atoms. The molecule has 3 aromatic rings. The zero-order chi connectivity index (χ0) is 20.1. The number of carbonyl (C=O) groups excluding carboxylic acids is 1. The summed E-state index contributed by atoms with van der Waals surface area (Å²) < 4.78 is 0. The average Bonchev–Trinajstić information content (AvgIpc) is 2.76. The average molecular weight is 405 g/mol. The number of hydrogen-bond donors (Lipinski definition) is 1. The first kappa shape index (κ1) is 19.7. The van der Waals surface area contributed by atoms with Crippen molar-refractivity contribution in [3.05, 3.63) is 95.0 Å². The van der Waals surface area contributed by atoms with Crippen molar-refractivity contribution >= 4 is 17.5 Å². The van der Waals surface area contributed by atoms with E-state index < -0.39 is 0 Å². The van der Waals surface area contributed by atoms with Gasteiger partial charge in [0, 0.05) is 36.3 Å². The van der Waals surface area contributed by atoms with E-state index in [0.29, 0.717) is 11.4 Å². The van der Waals surface area contributed by atoms with Crippen molar-refractivity contribution in [1.29, 1.82) is 0 Å². The first-order valence-electron chi connectivity index (χ1n) is 10.1. The van der Waals surface area contributed by atoms with Crippen molar-refractivity contribution in [3.63, 3.8) is 0 Å². The van der Waals surface area contributed by atoms with Crippen LogP contribution >= 0.6 is 11.6 Å². The van der Waals surface area contributed by atoms with Gasteiger partial charge < -0.3 is 10.2 Å². The minimum Gasteiger partial charge on any atom is -0.337 e. The second kappa shape index (κ2) is 9.25. The van der Waals surface area contributed by atoms with Crippen LogP contribution in [0.3, 0.4) is 0 Å². The molecule has 0 unspecified atom stereocenters. The highest BCUT2D eigenvalue weighted by atomic mass is 35.5. The summed E-state index contributed by atoms with van der Waals surface area (Å²) in [6, 6.07) is 26.4. The van der Waals surface area contributed by atoms with Crippen LogP contribution in [0.25, 0.3) is 11.1 Å². The second-order valence-electron chi connectivity index (χ2n) is 7.45. The maximum Gasteiger partial charge on any atom is 0.227 e. The first-order chi connectivity index (χ1) is 14.2. The molecule has 1 heterocycles. The number of halogens is 1. The molecule has 0 aliphatic carbocycles. The van der Waals surface area contributed by atoms with Gasteiger partial charge >= 0.3 is 0 Å². The van der Waals surface area contributed by atoms with Gasteiger partial charge in [-0.15, -0.1) is 0 Å². The smallest absolute Gasteiger partial charge is 0.227 e. The second-order valence-corrected chi connectivity index (χ2v) is 7.86. The Morgan fingerprint density at radius 1 is 0.931 bits per heavy atom. The SMILES string of the molecule is O=C(Cc1ccccc1-c1ccccc1Cl)N1CCNC[C@H]1Cc1ccccc1. The third-order valence-corrected chi connectivity index (χ3v) is 5.84. The Morgan fingerprint density at radius 3 is 2.41 bits per heavy atom. The lowest BCUT2D eigenvalue weighted by atomic mass is 9.96. The standard InChI is InChI=1S/C25H25ClN2O/c26-24-13-7-6-12-23(24)22-11-5-4-10-20(22)17-25(29)28-15-14-27-18-21(28)16-19-8-2-1-3-9-19/h1-13,21,27H,14-18H2/t21-/m1/s1. The molecule has 0 aromatic heterocycles. The summed E-state index contributed by atoms with van der Waals surface area (Å²) >= 11 is 6.43. The molecular weight excluding hydrogens is 380 g/mol. The molecule has 4 rings (SSSR count). The van der Waals surface area contributed by atoms with Crippen molar-refractivity contribution in [3.8, 4) is 11.1 Å². The molecule has 0 bridgehead atoms. The monoisotopic (exact) mass is 404 g/mol. The van der Waals surface area contributed by atoms with Gasteiger partial charge in [0.15, 0.2) is 0 Å². The van der Waals surface area contributed by atoms with Gasteiger partial charge in [-0.05, 0) is 29.2 Å². The summed E-state index contributed by atoms with van der Waals surface area (Å²) in [6.07, 6.45) is 1.25. The molecule has 1 atom stereocenters. The summed E-state index contributed by atoms with van der Waals surface area (Å²) in [4.78, 5) is 15.4. The third kappa shape index (κ3) is 4.69. The summed E-state index contributed by atoms with van der Waals surface area (Å²) in [5.41, 5.74) is 4.28. The molecule has 0 radical (unpaired) electrons. The van der Waals surface area contributed by atoms with E-state index in [9.17, 15) is 4.79 Å². The molecule has 1 aliphatic rings. The minimum atomic E-state index is 0.172. The highest BCUT2D eigenvalue weighted by Crippen LogP contribution is 2.31. The summed E-state index contributed by atoms with van der Waals surface area (Å²) in [6.45, 7) is 2.40. The molecule has 3 nitrogen and oxygen atoms in total. The minimum absolute atomic E-state index is 0.172. The zero-order valence-corrected chi connectivity index (χ0v) is 17.1. The number of benzene rings is 3. The number of carbonyl (C=O) groups is 1. The molecular formula is C25H25ClN2O. The molecule has 1 saturated heterocycles. The summed E-state index contributed by atoms with van der Waals surface area (Å²) in [7, 11) is 0. The lowest BCUT2D eigenvalue weighted by Crippen LogP contribution is -2.54. The van der Waals surface area contributed by atoms with Crippen molar-refractivity contribution in [1.82, 2.24) is 10.2 Å². The van der Waals surface area contributed by atoms with Crippen LogP contribution in [-0.4, -0.2) is 36.5 Å². The fraction of sp³-hybridized carbons (Fsp3) is 0.240. The van der Waals surface area contributed by atoms with Crippen LogP contribution in [-0.2, 0) is 17.6 Å². The van der Waals surface area contributed by atoms with Crippen LogP contribution in [0.1, 0.15) is 11.1 Å². The summed E-state index contributed by atoms with van der Waals surface area (Å²) in [5, 5.41) is 4.14. The van der Waals surface area contributed by atoms with Crippen LogP contribution in [0.15, 0.2) is 78.9 Å². The van der Waals surface area contributed by atoms with E-state index in [1.54, 1.807) is 0 Å². The van der Waals surface area contributed by atoms with Gasteiger partial charge in [0.05, 0.1) is 6.42 Å². The number of nitrogens with one attached hydrogen (secondary N) is 1. The van der Waals surface area contributed by atoms with Crippen molar-refractivity contribution < 1.29 is 4.79 Å². The zero-order valence-electron chi connectivity index (χ0n) is 16.4. The lowest BCUT2D eigenvalue weighted by molar-refractivity contribution is -0.133. The van der Waals surface area contributed by atoms with Gasteiger partial charge in [-0.3, -0.25) is 4.79 Å². The van der Waals surface area contributed by atoms with Gasteiger partial charge in [-0.1, -0.05) is 84.4 Å². The molecule has 3 aromatic carbocycles. The van der Waals surface area contributed by atoms with E-state index in [2.05, 4.69) is 29.6 Å². The Bertz CT molecular complexity index is 973. The van der Waals surface area contributed by atoms with E-state index in [0.717, 1.165) is 42.7 Å². The molecule has 148 valence electrons. The molecule has 4 heteroatoms. The molecule has 0 saturated carbocycles. The number of amides is 1. The van der Waals surface area contributed by atoms with Crippen LogP contribution in [0, 0.1) is 0 Å². The Balaban J connectivity index is 1.55. The van der Waals surface area contributed by atoms with Gasteiger partial charge in [0.2, 0.25) is 5.91 Å². The largest absolute Gasteiger partial charge is 0.337 e. The van der Waals surface area contributed by atoms with Gasteiger partial charge in [-0.2, -0.15) is 0 Å². The predicted octanol–water partition coefficient (Wildman–Crippen LogP) is 4.59. The van der Waals surface area contributed by atoms with E-state index in [-0.39, 0.29) is 11.9 Å². The van der Waals surface area contributed by atoms with Gasteiger partial charge in [0.1, 0.15) is 0 Å². The quantitative estimate of drug-likeness (QED) is 0.674. The normalized spacial score (nSPS) is 16.6. The van der Waals surface area contributed by atoms with E-state index in [4.69, 9.17) is 11.6 Å². The number of nitrogens with zero attached hydrogens (tertiary/aromatic N) is 1. The number of piperazine rings is 1. The van der Waals surface area contributed by atoms with E-state index in [1.165, 1.54) is 5.56 Å². The Labute approximate surface area is 177 Å². The number of hydrogen-bond acceptors (Lipinski definition) is 2. The molecule has 1 N–H and O–H groups in total. The van der Waals surface area contributed by atoms with Crippen LogP contribution in [0.5, 0.6) is 0 Å². The van der Waals surface area contributed by atoms with Gasteiger partial charge in [0.25, 0.3) is 0 Å². The van der Waals surface area contributed by atoms with Crippen molar-refractivity contribution in [2.75, 3.05) is 19.6 Å². The Hall–Kier alpha value is -2.62. The Morgan fingerprint density at radius 2 is 1.62 bits per heavy atom. The van der Waals surface area contributed by atoms with Crippen LogP contribution in [0.2, 0.25) is 5.02 Å². The summed E-state index contributed by atoms with van der Waals surface area (Å²) in [5.74, 6) is 0.173. The lowest BCUT2D eigenvalue weighted by Gasteiger charge is -2.36. The fourth-order valence-electron chi connectivity index (χ4n) is 4.04. The maximum absolute atomic E-state index is 13.3. The fourth-order valence-corrected chi connectivity index (χ4v) is 4.28. The molecule has 1 fully saturated rings. The molecule has 1 amide bonds. The third-order valence-electron chi connectivity index (χ3n) is 5.51. The predicted molar refractivity (Wildman–Crippen MR) is 119 cm³/mol. The maximum atomic E-state index is 13.3.